The number of aromatic nitrogens is 2. The maximum absolute atomic E-state index is 10.6. The summed E-state index contributed by atoms with van der Waals surface area (Å²) in [6.07, 6.45) is 3.53. The molecule has 0 bridgehead atoms. The summed E-state index contributed by atoms with van der Waals surface area (Å²) in [4.78, 5) is 40.6. The Morgan fingerprint density at radius 1 is 0.512 bits per heavy atom. The number of hydrogen-bond donors (Lipinski definition) is 1. The van der Waals surface area contributed by atoms with E-state index in [1.54, 1.807) is 33.2 Å². The number of anilines is 1. The molecular weight excluding hydrogens is 674 g/mol. The maximum Gasteiger partial charge on any atom is 0.159 e. The number of carbonyl (C=O) groups excluding carboxylic acids is 3. The number of Topliss-reactive ketones (excluding diaryl/α,β-unsaturated/α-hetero) is 3. The van der Waals surface area contributed by atoms with Crippen LogP contribution in [0.15, 0.2) is 134 Å². The molecule has 0 aliphatic carbocycles. The van der Waals surface area contributed by atoms with Crippen LogP contribution in [0.5, 0.6) is 0 Å². The topological polar surface area (TPSA) is 103 Å². The molecule has 0 aliphatic heterocycles. The van der Waals surface area contributed by atoms with Crippen molar-refractivity contribution in [1.82, 2.24) is 9.97 Å². The van der Waals surface area contributed by atoms with Gasteiger partial charge < -0.3 is 5.73 Å². The number of carbonyl (C=O) groups is 3. The van der Waals surface area contributed by atoms with Crippen LogP contribution in [-0.4, -0.2) is 27.3 Å². The van der Waals surface area contributed by atoms with Gasteiger partial charge in [-0.3, -0.25) is 24.4 Å². The van der Waals surface area contributed by atoms with E-state index in [0.717, 1.165) is 44.2 Å². The third-order valence-corrected chi connectivity index (χ3v) is 6.03. The van der Waals surface area contributed by atoms with Crippen LogP contribution in [0, 0.1) is 49.4 Å². The molecule has 7 heteroatoms. The second kappa shape index (κ2) is 18.6. The predicted molar refractivity (Wildman–Crippen MR) is 171 cm³/mol. The Morgan fingerprint density at radius 2 is 0.884 bits per heavy atom. The first-order valence-electron chi connectivity index (χ1n) is 13.3. The quantitative estimate of drug-likeness (QED) is 0.114. The Hall–Kier alpha value is -3.91. The number of nitrogens with two attached hydrogens (primary N) is 1. The molecule has 0 aliphatic rings. The van der Waals surface area contributed by atoms with E-state index in [4.69, 9.17) is 5.73 Å². The number of nitrogens with zero attached hydrogens (tertiary/aromatic N) is 2. The minimum absolute atomic E-state index is 0. The smallest absolute Gasteiger partial charge is 0.159 e. The number of fused-ring (bicyclic) bond motifs is 3. The molecule has 6 aromatic rings. The molecule has 0 saturated heterocycles. The number of pyridine rings is 2. The number of rotatable bonds is 3. The fourth-order valence-electron chi connectivity index (χ4n) is 3.82. The van der Waals surface area contributed by atoms with Crippen molar-refractivity contribution in [2.45, 2.75) is 20.8 Å². The summed E-state index contributed by atoms with van der Waals surface area (Å²) in [7, 11) is 0. The van der Waals surface area contributed by atoms with Crippen LogP contribution in [0.4, 0.5) is 5.69 Å². The molecular formula is C36H33EuN3O3. The zero-order valence-corrected chi connectivity index (χ0v) is 26.7. The summed E-state index contributed by atoms with van der Waals surface area (Å²) >= 11 is 0. The predicted octanol–water partition coefficient (Wildman–Crippen LogP) is 8.03. The van der Waals surface area contributed by atoms with E-state index >= 15 is 0 Å². The molecule has 2 heterocycles. The van der Waals surface area contributed by atoms with Gasteiger partial charge in [-0.2, -0.15) is 0 Å². The van der Waals surface area contributed by atoms with Crippen LogP contribution in [0.2, 0.25) is 0 Å². The summed E-state index contributed by atoms with van der Waals surface area (Å²) in [5.41, 5.74) is 10.8. The van der Waals surface area contributed by atoms with E-state index in [0.29, 0.717) is 0 Å². The summed E-state index contributed by atoms with van der Waals surface area (Å²) in [6, 6.07) is 37.4. The van der Waals surface area contributed by atoms with Gasteiger partial charge >= 0.3 is 0 Å². The molecule has 0 atom stereocenters. The molecule has 0 fully saturated rings. The molecule has 0 spiro atoms. The minimum atomic E-state index is 0. The fraction of sp³-hybridized carbons (Fsp3) is 0.0833. The molecule has 1 radical (unpaired) electrons. The fourth-order valence-corrected chi connectivity index (χ4v) is 3.82. The van der Waals surface area contributed by atoms with Crippen LogP contribution >= 0.6 is 0 Å². The monoisotopic (exact) mass is 708 g/mol. The van der Waals surface area contributed by atoms with Gasteiger partial charge in [-0.25, -0.2) is 0 Å². The molecule has 4 aromatic carbocycles. The Kier molecular flexibility index (Phi) is 15.3. The number of hydrogen-bond acceptors (Lipinski definition) is 6. The third-order valence-electron chi connectivity index (χ3n) is 6.03. The summed E-state index contributed by atoms with van der Waals surface area (Å²) < 4.78 is 0. The van der Waals surface area contributed by atoms with E-state index in [-0.39, 0.29) is 66.7 Å². The van der Waals surface area contributed by atoms with Gasteiger partial charge in [0, 0.05) is 94.9 Å². The second-order valence-corrected chi connectivity index (χ2v) is 9.21. The van der Waals surface area contributed by atoms with Gasteiger partial charge in [-0.05, 0) is 45.0 Å². The summed E-state index contributed by atoms with van der Waals surface area (Å²) in [6.45, 7) is 4.69. The minimum Gasteiger partial charge on any atom is -0.398 e. The number of ketones is 3. The van der Waals surface area contributed by atoms with Gasteiger partial charge in [0.1, 0.15) is 0 Å². The van der Waals surface area contributed by atoms with E-state index < -0.39 is 0 Å². The van der Waals surface area contributed by atoms with Crippen LogP contribution in [0.1, 0.15) is 51.8 Å². The number of nitrogen functional groups attached to an aromatic ring is 1. The van der Waals surface area contributed by atoms with Gasteiger partial charge in [0.2, 0.25) is 0 Å². The van der Waals surface area contributed by atoms with Crippen LogP contribution < -0.4 is 5.73 Å². The van der Waals surface area contributed by atoms with Crippen molar-refractivity contribution in [3.63, 3.8) is 0 Å². The Morgan fingerprint density at radius 3 is 1.26 bits per heavy atom. The average molecular weight is 708 g/mol. The molecule has 0 unspecified atom stereocenters. The van der Waals surface area contributed by atoms with Gasteiger partial charge in [0.05, 0.1) is 11.0 Å². The van der Waals surface area contributed by atoms with E-state index in [9.17, 15) is 14.4 Å². The van der Waals surface area contributed by atoms with Crippen molar-refractivity contribution in [1.29, 1.82) is 0 Å². The van der Waals surface area contributed by atoms with Gasteiger partial charge in [-0.15, -0.1) is 0 Å². The Bertz CT molecular complexity index is 1640. The van der Waals surface area contributed by atoms with Crippen molar-refractivity contribution < 1.29 is 63.8 Å². The van der Waals surface area contributed by atoms with E-state index in [1.165, 1.54) is 0 Å². The Balaban J connectivity index is 0.000000206. The normalized spacial score (nSPS) is 9.47. The molecule has 0 saturated carbocycles. The van der Waals surface area contributed by atoms with Crippen molar-refractivity contribution >= 4 is 44.8 Å². The molecule has 6 nitrogen and oxygen atoms in total. The van der Waals surface area contributed by atoms with Crippen molar-refractivity contribution in [2.24, 2.45) is 0 Å². The van der Waals surface area contributed by atoms with Gasteiger partial charge in [0.25, 0.3) is 0 Å². The van der Waals surface area contributed by atoms with Crippen LogP contribution in [0.25, 0.3) is 21.8 Å². The van der Waals surface area contributed by atoms with Gasteiger partial charge in [0.15, 0.2) is 17.3 Å². The van der Waals surface area contributed by atoms with Crippen molar-refractivity contribution in [3.8, 4) is 0 Å². The van der Waals surface area contributed by atoms with Gasteiger partial charge in [-0.1, -0.05) is 97.1 Å². The second-order valence-electron chi connectivity index (χ2n) is 9.21. The van der Waals surface area contributed by atoms with E-state index in [1.807, 2.05) is 121 Å². The van der Waals surface area contributed by atoms with Crippen molar-refractivity contribution in [2.75, 3.05) is 5.73 Å². The van der Waals surface area contributed by atoms with Crippen LogP contribution in [0.3, 0.4) is 0 Å². The first-order chi connectivity index (χ1) is 20.3. The maximum atomic E-state index is 10.6. The zero-order chi connectivity index (χ0) is 30.3. The SMILES string of the molecule is CC(=O)c1ccccc1.CC(=O)c1ccccc1.CC(=O)c1ccccc1.Nc1cc2cccnc2c2ncccc12.[Eu]. The molecule has 217 valence electrons. The third kappa shape index (κ3) is 11.4. The first-order valence-corrected chi connectivity index (χ1v) is 13.3. The van der Waals surface area contributed by atoms with E-state index in [2.05, 4.69) is 9.97 Å². The Labute approximate surface area is 292 Å². The molecule has 6 rings (SSSR count). The molecule has 43 heavy (non-hydrogen) atoms. The molecule has 0 amide bonds. The summed E-state index contributed by atoms with van der Waals surface area (Å²) in [5, 5.41) is 1.99. The largest absolute Gasteiger partial charge is 0.398 e. The van der Waals surface area contributed by atoms with Crippen LogP contribution in [-0.2, 0) is 0 Å². The first kappa shape index (κ1) is 35.3. The van der Waals surface area contributed by atoms with Crippen molar-refractivity contribution in [3.05, 3.63) is 150 Å². The summed E-state index contributed by atoms with van der Waals surface area (Å²) in [5.74, 6) is 0.363. The zero-order valence-electron chi connectivity index (χ0n) is 24.3. The number of benzene rings is 4. The molecule has 2 aromatic heterocycles. The molecule has 2 N–H and O–H groups in total. The standard InChI is InChI=1S/C12H9N3.3C8H8O.Eu/c13-10-7-8-3-1-5-14-11(8)12-9(10)4-2-6-15-12;3*1-7(9)8-5-3-2-4-6-8;/h1-7H,13H2;3*2-6H,1H3;. The average Bonchev–Trinajstić information content (AvgIpc) is 3.03.